The SMILES string of the molecule is O=C(C[n+]1ccncc1C=CCCO)c1ccccc1. The van der Waals surface area contributed by atoms with Crippen molar-refractivity contribution in [2.24, 2.45) is 0 Å². The number of carbonyl (C=O) groups is 1. The summed E-state index contributed by atoms with van der Waals surface area (Å²) < 4.78 is 1.84. The van der Waals surface area contributed by atoms with Gasteiger partial charge in [0.2, 0.25) is 18.0 Å². The van der Waals surface area contributed by atoms with Crippen molar-refractivity contribution in [3.05, 3.63) is 66.3 Å². The number of ketones is 1. The van der Waals surface area contributed by atoms with Crippen molar-refractivity contribution in [2.75, 3.05) is 6.61 Å². The van der Waals surface area contributed by atoms with Crippen LogP contribution in [0.1, 0.15) is 22.5 Å². The molecule has 2 aromatic rings. The molecule has 0 aliphatic carbocycles. The molecule has 0 saturated carbocycles. The Morgan fingerprint density at radius 2 is 2.10 bits per heavy atom. The van der Waals surface area contributed by atoms with Crippen LogP contribution in [0.25, 0.3) is 6.08 Å². The maximum absolute atomic E-state index is 12.2. The lowest BCUT2D eigenvalue weighted by Crippen LogP contribution is -2.40. The molecule has 0 aliphatic heterocycles. The fraction of sp³-hybridized carbons (Fsp3) is 0.188. The average Bonchev–Trinajstić information content (AvgIpc) is 2.50. The van der Waals surface area contributed by atoms with Crippen molar-refractivity contribution in [1.82, 2.24) is 4.98 Å². The zero-order valence-corrected chi connectivity index (χ0v) is 11.1. The highest BCUT2D eigenvalue weighted by atomic mass is 16.2. The van der Waals surface area contributed by atoms with Crippen LogP contribution in [-0.4, -0.2) is 22.5 Å². The number of nitrogens with zero attached hydrogens (tertiary/aromatic N) is 2. The summed E-state index contributed by atoms with van der Waals surface area (Å²) in [4.78, 5) is 16.2. The molecule has 0 spiro atoms. The molecule has 0 atom stereocenters. The summed E-state index contributed by atoms with van der Waals surface area (Å²) in [6.07, 6.45) is 9.44. The van der Waals surface area contributed by atoms with Crippen LogP contribution in [0.5, 0.6) is 0 Å². The van der Waals surface area contributed by atoms with E-state index in [0.29, 0.717) is 12.0 Å². The van der Waals surface area contributed by atoms with Gasteiger partial charge in [0.1, 0.15) is 0 Å². The van der Waals surface area contributed by atoms with Gasteiger partial charge in [0.15, 0.2) is 6.20 Å². The van der Waals surface area contributed by atoms with Crippen LogP contribution in [0.2, 0.25) is 0 Å². The number of aliphatic hydroxyl groups is 1. The van der Waals surface area contributed by atoms with E-state index in [1.807, 2.05) is 47.1 Å². The summed E-state index contributed by atoms with van der Waals surface area (Å²) in [5, 5.41) is 8.78. The first-order valence-corrected chi connectivity index (χ1v) is 6.50. The van der Waals surface area contributed by atoms with Gasteiger partial charge in [-0.15, -0.1) is 0 Å². The van der Waals surface area contributed by atoms with E-state index < -0.39 is 0 Å². The minimum Gasteiger partial charge on any atom is -0.396 e. The number of rotatable bonds is 6. The smallest absolute Gasteiger partial charge is 0.227 e. The van der Waals surface area contributed by atoms with Gasteiger partial charge in [0, 0.05) is 18.2 Å². The van der Waals surface area contributed by atoms with E-state index in [-0.39, 0.29) is 18.9 Å². The third-order valence-corrected chi connectivity index (χ3v) is 2.87. The molecule has 0 saturated heterocycles. The maximum atomic E-state index is 12.2. The molecule has 4 heteroatoms. The fourth-order valence-corrected chi connectivity index (χ4v) is 1.83. The van der Waals surface area contributed by atoms with Crippen LogP contribution in [-0.2, 0) is 6.54 Å². The number of aliphatic hydroxyl groups excluding tert-OH is 1. The Bertz CT molecular complexity index is 594. The molecule has 0 bridgehead atoms. The molecule has 4 nitrogen and oxygen atoms in total. The molecular formula is C16H17N2O2+. The van der Waals surface area contributed by atoms with E-state index in [1.54, 1.807) is 18.6 Å². The molecule has 0 radical (unpaired) electrons. The molecule has 0 unspecified atom stereocenters. The van der Waals surface area contributed by atoms with Gasteiger partial charge >= 0.3 is 0 Å². The van der Waals surface area contributed by atoms with E-state index in [1.165, 1.54) is 0 Å². The number of aromatic nitrogens is 2. The summed E-state index contributed by atoms with van der Waals surface area (Å²) in [6.45, 7) is 0.380. The second kappa shape index (κ2) is 7.31. The van der Waals surface area contributed by atoms with Gasteiger partial charge < -0.3 is 5.11 Å². The zero-order chi connectivity index (χ0) is 14.2. The van der Waals surface area contributed by atoms with Crippen molar-refractivity contribution in [3.8, 4) is 0 Å². The molecule has 0 fully saturated rings. The van der Waals surface area contributed by atoms with E-state index in [9.17, 15) is 4.79 Å². The Hall–Kier alpha value is -2.33. The van der Waals surface area contributed by atoms with E-state index in [2.05, 4.69) is 4.98 Å². The Morgan fingerprint density at radius 3 is 2.85 bits per heavy atom. The minimum absolute atomic E-state index is 0.0543. The van der Waals surface area contributed by atoms with Crippen LogP contribution >= 0.6 is 0 Å². The molecule has 0 aliphatic rings. The largest absolute Gasteiger partial charge is 0.396 e. The Morgan fingerprint density at radius 1 is 1.30 bits per heavy atom. The first-order valence-electron chi connectivity index (χ1n) is 6.50. The Labute approximate surface area is 118 Å². The van der Waals surface area contributed by atoms with Gasteiger partial charge in [-0.2, -0.15) is 4.57 Å². The van der Waals surface area contributed by atoms with Gasteiger partial charge in [0.05, 0.1) is 12.4 Å². The highest BCUT2D eigenvalue weighted by molar-refractivity contribution is 5.94. The molecule has 1 aromatic carbocycles. The number of hydrogen-bond acceptors (Lipinski definition) is 3. The topological polar surface area (TPSA) is 54.1 Å². The van der Waals surface area contributed by atoms with Crippen molar-refractivity contribution in [3.63, 3.8) is 0 Å². The Kier molecular flexibility index (Phi) is 5.15. The van der Waals surface area contributed by atoms with Gasteiger partial charge in [0.25, 0.3) is 0 Å². The van der Waals surface area contributed by atoms with Crippen molar-refractivity contribution < 1.29 is 14.5 Å². The lowest BCUT2D eigenvalue weighted by molar-refractivity contribution is -0.685. The molecule has 1 heterocycles. The molecule has 102 valence electrons. The van der Waals surface area contributed by atoms with Crippen molar-refractivity contribution in [1.29, 1.82) is 0 Å². The molecular weight excluding hydrogens is 252 g/mol. The molecule has 1 aromatic heterocycles. The average molecular weight is 269 g/mol. The summed E-state index contributed by atoms with van der Waals surface area (Å²) in [5.74, 6) is 0.0543. The monoisotopic (exact) mass is 269 g/mol. The zero-order valence-electron chi connectivity index (χ0n) is 11.1. The lowest BCUT2D eigenvalue weighted by atomic mass is 10.1. The summed E-state index contributed by atoms with van der Waals surface area (Å²) >= 11 is 0. The quantitative estimate of drug-likeness (QED) is 0.641. The van der Waals surface area contributed by atoms with Crippen LogP contribution in [0.15, 0.2) is 55.0 Å². The third-order valence-electron chi connectivity index (χ3n) is 2.87. The predicted octanol–water partition coefficient (Wildman–Crippen LogP) is 1.65. The van der Waals surface area contributed by atoms with E-state index in [0.717, 1.165) is 5.69 Å². The van der Waals surface area contributed by atoms with Crippen LogP contribution in [0.3, 0.4) is 0 Å². The summed E-state index contributed by atoms with van der Waals surface area (Å²) in [6, 6.07) is 9.22. The van der Waals surface area contributed by atoms with Gasteiger partial charge in [-0.3, -0.25) is 9.78 Å². The van der Waals surface area contributed by atoms with Crippen molar-refractivity contribution in [2.45, 2.75) is 13.0 Å². The van der Waals surface area contributed by atoms with Crippen LogP contribution < -0.4 is 4.57 Å². The van der Waals surface area contributed by atoms with Crippen LogP contribution in [0.4, 0.5) is 0 Å². The minimum atomic E-state index is 0.0543. The Balaban J connectivity index is 2.15. The lowest BCUT2D eigenvalue weighted by Gasteiger charge is -2.00. The number of hydrogen-bond donors (Lipinski definition) is 1. The van der Waals surface area contributed by atoms with Gasteiger partial charge in [-0.25, -0.2) is 0 Å². The van der Waals surface area contributed by atoms with E-state index >= 15 is 0 Å². The predicted molar refractivity (Wildman–Crippen MR) is 75.9 cm³/mol. The fourth-order valence-electron chi connectivity index (χ4n) is 1.83. The number of carbonyl (C=O) groups excluding carboxylic acids is 1. The van der Waals surface area contributed by atoms with Gasteiger partial charge in [-0.05, 0) is 6.42 Å². The van der Waals surface area contributed by atoms with E-state index in [4.69, 9.17) is 5.11 Å². The highest BCUT2D eigenvalue weighted by Gasteiger charge is 2.14. The second-order valence-electron chi connectivity index (χ2n) is 4.33. The maximum Gasteiger partial charge on any atom is 0.227 e. The normalized spacial score (nSPS) is 10.8. The molecule has 0 amide bonds. The molecule has 1 N–H and O–H groups in total. The highest BCUT2D eigenvalue weighted by Crippen LogP contribution is 2.01. The second-order valence-corrected chi connectivity index (χ2v) is 4.33. The third kappa shape index (κ3) is 3.83. The molecule has 20 heavy (non-hydrogen) atoms. The summed E-state index contributed by atoms with van der Waals surface area (Å²) in [5.41, 5.74) is 1.53. The standard InChI is InChI=1S/C16H17N2O2/c19-11-5-4-8-15-12-17-9-10-18(15)13-16(20)14-6-2-1-3-7-14/h1-4,6-10,12,19H,5,11,13H2/q+1. The summed E-state index contributed by atoms with van der Waals surface area (Å²) in [7, 11) is 0. The van der Waals surface area contributed by atoms with Crippen molar-refractivity contribution >= 4 is 11.9 Å². The van der Waals surface area contributed by atoms with Crippen LogP contribution in [0, 0.1) is 0 Å². The first-order chi connectivity index (χ1) is 9.81. The molecule has 2 rings (SSSR count). The first kappa shape index (κ1) is 14.1. The number of Topliss-reactive ketones (excluding diaryl/α,β-unsaturated/α-hetero) is 1. The van der Waals surface area contributed by atoms with Gasteiger partial charge in [-0.1, -0.05) is 36.4 Å². The number of benzene rings is 1.